The van der Waals surface area contributed by atoms with E-state index in [0.717, 1.165) is 6.07 Å². The van der Waals surface area contributed by atoms with Crippen LogP contribution in [0.1, 0.15) is 15.9 Å². The van der Waals surface area contributed by atoms with Crippen LogP contribution in [0.3, 0.4) is 0 Å². The van der Waals surface area contributed by atoms with Crippen molar-refractivity contribution < 1.29 is 14.1 Å². The Labute approximate surface area is 124 Å². The summed E-state index contributed by atoms with van der Waals surface area (Å²) in [7, 11) is 0. The molecule has 5 nitrogen and oxygen atoms in total. The first-order valence-corrected chi connectivity index (χ1v) is 6.27. The van der Waals surface area contributed by atoms with E-state index in [2.05, 4.69) is 5.32 Å². The summed E-state index contributed by atoms with van der Waals surface area (Å²) in [6.07, 6.45) is 0. The molecule has 0 aliphatic heterocycles. The Morgan fingerprint density at radius 1 is 1.33 bits per heavy atom. The van der Waals surface area contributed by atoms with Gasteiger partial charge in [-0.1, -0.05) is 17.7 Å². The molecule has 0 saturated heterocycles. The van der Waals surface area contributed by atoms with Crippen LogP contribution in [0.5, 0.6) is 0 Å². The molecule has 1 amide bonds. The van der Waals surface area contributed by atoms with Gasteiger partial charge in [0, 0.05) is 17.3 Å². The number of hydrogen-bond acceptors (Lipinski definition) is 3. The Hall–Kier alpha value is -2.47. The Morgan fingerprint density at radius 3 is 2.67 bits per heavy atom. The molecule has 0 radical (unpaired) electrons. The van der Waals surface area contributed by atoms with Gasteiger partial charge in [-0.2, -0.15) is 0 Å². The van der Waals surface area contributed by atoms with Gasteiger partial charge in [0.1, 0.15) is 10.8 Å². The number of amides is 1. The molecule has 0 aromatic heterocycles. The lowest BCUT2D eigenvalue weighted by Gasteiger charge is -2.09. The minimum Gasteiger partial charge on any atom is -0.322 e. The molecule has 2 aromatic rings. The van der Waals surface area contributed by atoms with Gasteiger partial charge in [-0.15, -0.1) is 0 Å². The normalized spacial score (nSPS) is 10.2. The number of nitro benzene ring substituents is 1. The molecular weight excluding hydrogens is 299 g/mol. The molecule has 0 spiro atoms. The Kier molecular flexibility index (Phi) is 4.18. The van der Waals surface area contributed by atoms with Crippen molar-refractivity contribution in [1.82, 2.24) is 0 Å². The van der Waals surface area contributed by atoms with Crippen LogP contribution in [-0.4, -0.2) is 10.8 Å². The third-order valence-corrected chi connectivity index (χ3v) is 3.13. The zero-order valence-corrected chi connectivity index (χ0v) is 11.6. The maximum atomic E-state index is 13.1. The van der Waals surface area contributed by atoms with E-state index in [9.17, 15) is 19.3 Å². The largest absolute Gasteiger partial charge is 0.322 e. The highest BCUT2D eigenvalue weighted by molar-refractivity contribution is 6.33. The van der Waals surface area contributed by atoms with E-state index in [0.29, 0.717) is 11.3 Å². The van der Waals surface area contributed by atoms with Crippen LogP contribution in [0.15, 0.2) is 36.4 Å². The number of anilines is 1. The molecule has 2 aromatic carbocycles. The molecule has 21 heavy (non-hydrogen) atoms. The molecule has 0 aliphatic carbocycles. The zero-order chi connectivity index (χ0) is 15.6. The number of benzene rings is 2. The van der Waals surface area contributed by atoms with Crippen LogP contribution in [0.2, 0.25) is 5.02 Å². The van der Waals surface area contributed by atoms with Crippen LogP contribution < -0.4 is 5.32 Å². The van der Waals surface area contributed by atoms with Crippen LogP contribution in [-0.2, 0) is 0 Å². The number of hydrogen-bond donors (Lipinski definition) is 1. The molecule has 0 heterocycles. The van der Waals surface area contributed by atoms with Crippen molar-refractivity contribution in [1.29, 1.82) is 0 Å². The fourth-order valence-corrected chi connectivity index (χ4v) is 2.00. The highest BCUT2D eigenvalue weighted by Gasteiger charge is 2.16. The van der Waals surface area contributed by atoms with E-state index < -0.39 is 16.6 Å². The van der Waals surface area contributed by atoms with Gasteiger partial charge in [0.2, 0.25) is 0 Å². The number of nitrogens with one attached hydrogen (secondary N) is 1. The van der Waals surface area contributed by atoms with E-state index >= 15 is 0 Å². The van der Waals surface area contributed by atoms with Gasteiger partial charge in [-0.05, 0) is 36.8 Å². The SMILES string of the molecule is Cc1cc([N+](=O)[O-])c(Cl)cc1NC(=O)c1cccc(F)c1. The molecule has 7 heteroatoms. The van der Waals surface area contributed by atoms with Gasteiger partial charge >= 0.3 is 0 Å². The number of nitrogens with zero attached hydrogens (tertiary/aromatic N) is 1. The Morgan fingerprint density at radius 2 is 2.05 bits per heavy atom. The van der Waals surface area contributed by atoms with Crippen molar-refractivity contribution in [2.75, 3.05) is 5.32 Å². The lowest BCUT2D eigenvalue weighted by Crippen LogP contribution is -2.13. The van der Waals surface area contributed by atoms with Crippen LogP contribution in [0, 0.1) is 22.9 Å². The molecule has 0 fully saturated rings. The van der Waals surface area contributed by atoms with Gasteiger partial charge in [-0.25, -0.2) is 4.39 Å². The lowest BCUT2D eigenvalue weighted by atomic mass is 10.1. The minimum absolute atomic E-state index is 0.0832. The summed E-state index contributed by atoms with van der Waals surface area (Å²) < 4.78 is 13.1. The number of carbonyl (C=O) groups excluding carboxylic acids is 1. The smallest absolute Gasteiger partial charge is 0.288 e. The van der Waals surface area contributed by atoms with Crippen LogP contribution in [0.25, 0.3) is 0 Å². The fraction of sp³-hybridized carbons (Fsp3) is 0.0714. The van der Waals surface area contributed by atoms with E-state index in [1.807, 2.05) is 0 Å². The van der Waals surface area contributed by atoms with E-state index in [1.165, 1.54) is 30.3 Å². The molecule has 108 valence electrons. The minimum atomic E-state index is -0.604. The maximum absolute atomic E-state index is 13.1. The number of nitro groups is 1. The molecule has 0 bridgehead atoms. The average molecular weight is 309 g/mol. The fourth-order valence-electron chi connectivity index (χ4n) is 1.77. The monoisotopic (exact) mass is 308 g/mol. The summed E-state index contributed by atoms with van der Waals surface area (Å²) in [5.74, 6) is -1.05. The predicted molar refractivity (Wildman–Crippen MR) is 77.2 cm³/mol. The molecule has 0 saturated carbocycles. The number of halogens is 2. The summed E-state index contributed by atoms with van der Waals surface area (Å²) in [6, 6.07) is 7.76. The molecule has 0 unspecified atom stereocenters. The van der Waals surface area contributed by atoms with Gasteiger partial charge in [0.15, 0.2) is 0 Å². The molecule has 2 rings (SSSR count). The molecule has 0 atom stereocenters. The number of aryl methyl sites for hydroxylation is 1. The molecule has 0 aliphatic rings. The van der Waals surface area contributed by atoms with Gasteiger partial charge in [-0.3, -0.25) is 14.9 Å². The number of carbonyl (C=O) groups is 1. The third-order valence-electron chi connectivity index (χ3n) is 2.83. The van der Waals surface area contributed by atoms with Crippen molar-refractivity contribution in [3.8, 4) is 0 Å². The summed E-state index contributed by atoms with van der Waals surface area (Å²) >= 11 is 5.80. The Balaban J connectivity index is 2.30. The second-order valence-corrected chi connectivity index (χ2v) is 4.75. The van der Waals surface area contributed by atoms with Crippen LogP contribution in [0.4, 0.5) is 15.8 Å². The Bertz CT molecular complexity index is 734. The molecular formula is C14H10ClFN2O3. The van der Waals surface area contributed by atoms with Crippen molar-refractivity contribution in [3.05, 3.63) is 68.5 Å². The molecule has 1 N–H and O–H groups in total. The van der Waals surface area contributed by atoms with Gasteiger partial charge in [0.05, 0.1) is 4.92 Å². The number of rotatable bonds is 3. The first-order chi connectivity index (χ1) is 9.88. The average Bonchev–Trinajstić information content (AvgIpc) is 2.42. The van der Waals surface area contributed by atoms with E-state index in [4.69, 9.17) is 11.6 Å². The third kappa shape index (κ3) is 3.35. The summed E-state index contributed by atoms with van der Waals surface area (Å²) in [5.41, 5.74) is 0.720. The quantitative estimate of drug-likeness (QED) is 0.689. The zero-order valence-electron chi connectivity index (χ0n) is 10.9. The first-order valence-electron chi connectivity index (χ1n) is 5.90. The predicted octanol–water partition coefficient (Wildman–Crippen LogP) is 3.95. The van der Waals surface area contributed by atoms with E-state index in [-0.39, 0.29) is 16.3 Å². The van der Waals surface area contributed by atoms with Crippen molar-refractivity contribution in [3.63, 3.8) is 0 Å². The lowest BCUT2D eigenvalue weighted by molar-refractivity contribution is -0.384. The maximum Gasteiger partial charge on any atom is 0.288 e. The summed E-state index contributed by atoms with van der Waals surface area (Å²) in [6.45, 7) is 1.60. The standard InChI is InChI=1S/C14H10ClFN2O3/c1-8-5-13(18(20)21)11(15)7-12(8)17-14(19)9-3-2-4-10(16)6-9/h2-7H,1H3,(H,17,19). The van der Waals surface area contributed by atoms with Crippen molar-refractivity contribution in [2.24, 2.45) is 0 Å². The van der Waals surface area contributed by atoms with Crippen molar-refractivity contribution in [2.45, 2.75) is 6.92 Å². The summed E-state index contributed by atoms with van der Waals surface area (Å²) in [5, 5.41) is 13.2. The first kappa shape index (κ1) is 14.9. The van der Waals surface area contributed by atoms with Gasteiger partial charge < -0.3 is 5.32 Å². The van der Waals surface area contributed by atoms with Crippen molar-refractivity contribution >= 4 is 28.9 Å². The highest BCUT2D eigenvalue weighted by atomic mass is 35.5. The second-order valence-electron chi connectivity index (χ2n) is 4.34. The second kappa shape index (κ2) is 5.88. The van der Waals surface area contributed by atoms with E-state index in [1.54, 1.807) is 6.92 Å². The summed E-state index contributed by atoms with van der Waals surface area (Å²) in [4.78, 5) is 22.1. The topological polar surface area (TPSA) is 72.2 Å². The highest BCUT2D eigenvalue weighted by Crippen LogP contribution is 2.30. The van der Waals surface area contributed by atoms with Gasteiger partial charge in [0.25, 0.3) is 11.6 Å². The van der Waals surface area contributed by atoms with Crippen LogP contribution >= 0.6 is 11.6 Å².